The van der Waals surface area contributed by atoms with Crippen molar-refractivity contribution in [3.63, 3.8) is 0 Å². The molecule has 1 aromatic rings. The molecule has 0 aliphatic rings. The van der Waals surface area contributed by atoms with Crippen molar-refractivity contribution in [2.75, 3.05) is 0 Å². The maximum absolute atomic E-state index is 11.6. The second-order valence-electron chi connectivity index (χ2n) is 3.63. The van der Waals surface area contributed by atoms with Gasteiger partial charge in [-0.2, -0.15) is 0 Å². The number of carbonyl (C=O) groups excluding carboxylic acids is 1. The summed E-state index contributed by atoms with van der Waals surface area (Å²) in [6.07, 6.45) is 3.57. The summed E-state index contributed by atoms with van der Waals surface area (Å²) in [7, 11) is 0. The fraction of sp³-hybridized carbons (Fsp3) is 0.357. The molecule has 0 aromatic heterocycles. The van der Waals surface area contributed by atoms with E-state index in [1.165, 1.54) is 0 Å². The van der Waals surface area contributed by atoms with E-state index in [9.17, 15) is 4.79 Å². The third kappa shape index (κ3) is 3.89. The lowest BCUT2D eigenvalue weighted by molar-refractivity contribution is -0.140. The highest BCUT2D eigenvalue weighted by Gasteiger charge is 2.08. The Morgan fingerprint density at radius 2 is 2.00 bits per heavy atom. The Balaban J connectivity index is 2.46. The van der Waals surface area contributed by atoms with Gasteiger partial charge in [0.05, 0.1) is 0 Å². The first kappa shape index (κ1) is 12.5. The fourth-order valence-corrected chi connectivity index (χ4v) is 1.45. The molecule has 2 heteroatoms. The van der Waals surface area contributed by atoms with Crippen molar-refractivity contribution in [2.45, 2.75) is 33.3 Å². The molecular weight excluding hydrogens is 200 g/mol. The molecule has 86 valence electrons. The minimum atomic E-state index is -0.201. The predicted octanol–water partition coefficient (Wildman–Crippen LogP) is 3.48. The monoisotopic (exact) mass is 218 g/mol. The quantitative estimate of drug-likeness (QED) is 0.558. The third-order valence-corrected chi connectivity index (χ3v) is 2.34. The summed E-state index contributed by atoms with van der Waals surface area (Å²) in [5.74, 6) is -0.201. The zero-order valence-electron chi connectivity index (χ0n) is 9.90. The summed E-state index contributed by atoms with van der Waals surface area (Å²) in [4.78, 5) is 11.6. The Bertz CT molecular complexity index is 352. The van der Waals surface area contributed by atoms with Gasteiger partial charge in [0, 0.05) is 5.57 Å². The molecule has 16 heavy (non-hydrogen) atoms. The molecule has 1 rings (SSSR count). The summed E-state index contributed by atoms with van der Waals surface area (Å²) in [5.41, 5.74) is 1.78. The second-order valence-corrected chi connectivity index (χ2v) is 3.63. The van der Waals surface area contributed by atoms with E-state index < -0.39 is 0 Å². The van der Waals surface area contributed by atoms with Gasteiger partial charge in [0.15, 0.2) is 0 Å². The number of rotatable bonds is 5. The van der Waals surface area contributed by atoms with Crippen LogP contribution in [0.15, 0.2) is 42.0 Å². The maximum Gasteiger partial charge on any atom is 0.333 e. The number of carbonyl (C=O) groups is 1. The SMILES string of the molecule is CC=C(CCC)C(=O)OCc1ccccc1. The van der Waals surface area contributed by atoms with Crippen LogP contribution in [0, 0.1) is 0 Å². The first-order chi connectivity index (χ1) is 7.77. The molecule has 0 bridgehead atoms. The van der Waals surface area contributed by atoms with Crippen molar-refractivity contribution in [1.29, 1.82) is 0 Å². The largest absolute Gasteiger partial charge is 0.457 e. The second kappa shape index (κ2) is 6.83. The van der Waals surface area contributed by atoms with Crippen LogP contribution in [0.3, 0.4) is 0 Å². The van der Waals surface area contributed by atoms with E-state index >= 15 is 0 Å². The van der Waals surface area contributed by atoms with Gasteiger partial charge >= 0.3 is 5.97 Å². The number of allylic oxidation sites excluding steroid dienone is 1. The van der Waals surface area contributed by atoms with Crippen molar-refractivity contribution < 1.29 is 9.53 Å². The average Bonchev–Trinajstić information content (AvgIpc) is 2.34. The molecule has 0 aliphatic heterocycles. The molecule has 0 N–H and O–H groups in total. The molecule has 0 amide bonds. The van der Waals surface area contributed by atoms with Crippen LogP contribution in [0.2, 0.25) is 0 Å². The molecule has 0 radical (unpaired) electrons. The summed E-state index contributed by atoms with van der Waals surface area (Å²) in [6, 6.07) is 9.71. The summed E-state index contributed by atoms with van der Waals surface area (Å²) >= 11 is 0. The zero-order valence-corrected chi connectivity index (χ0v) is 9.90. The van der Waals surface area contributed by atoms with Crippen LogP contribution in [0.25, 0.3) is 0 Å². The van der Waals surface area contributed by atoms with Gasteiger partial charge in [-0.3, -0.25) is 0 Å². The van der Waals surface area contributed by atoms with E-state index in [2.05, 4.69) is 0 Å². The van der Waals surface area contributed by atoms with Gasteiger partial charge in [-0.25, -0.2) is 4.79 Å². The van der Waals surface area contributed by atoms with Crippen molar-refractivity contribution >= 4 is 5.97 Å². The molecule has 0 saturated heterocycles. The highest BCUT2D eigenvalue weighted by Crippen LogP contribution is 2.09. The number of hydrogen-bond donors (Lipinski definition) is 0. The van der Waals surface area contributed by atoms with Crippen LogP contribution < -0.4 is 0 Å². The standard InChI is InChI=1S/C14H18O2/c1-3-8-13(4-2)14(15)16-11-12-9-6-5-7-10-12/h4-7,9-10H,3,8,11H2,1-2H3. The summed E-state index contributed by atoms with van der Waals surface area (Å²) < 4.78 is 5.23. The van der Waals surface area contributed by atoms with Gasteiger partial charge < -0.3 is 4.74 Å². The summed E-state index contributed by atoms with van der Waals surface area (Å²) in [5, 5.41) is 0. The molecule has 0 heterocycles. The highest BCUT2D eigenvalue weighted by molar-refractivity contribution is 5.88. The topological polar surface area (TPSA) is 26.3 Å². The Kier molecular flexibility index (Phi) is 5.34. The normalized spacial score (nSPS) is 11.2. The molecular formula is C14H18O2. The Labute approximate surface area is 96.9 Å². The van der Waals surface area contributed by atoms with Crippen molar-refractivity contribution in [3.05, 3.63) is 47.5 Å². The molecule has 2 nitrogen and oxygen atoms in total. The van der Waals surface area contributed by atoms with Crippen LogP contribution in [0.5, 0.6) is 0 Å². The van der Waals surface area contributed by atoms with Gasteiger partial charge in [-0.1, -0.05) is 49.8 Å². The van der Waals surface area contributed by atoms with Gasteiger partial charge in [0.25, 0.3) is 0 Å². The molecule has 0 atom stereocenters. The minimum Gasteiger partial charge on any atom is -0.457 e. The van der Waals surface area contributed by atoms with E-state index in [-0.39, 0.29) is 5.97 Å². The third-order valence-electron chi connectivity index (χ3n) is 2.34. The zero-order chi connectivity index (χ0) is 11.8. The van der Waals surface area contributed by atoms with E-state index in [0.717, 1.165) is 24.0 Å². The first-order valence-corrected chi connectivity index (χ1v) is 5.64. The maximum atomic E-state index is 11.6. The van der Waals surface area contributed by atoms with Gasteiger partial charge in [-0.05, 0) is 18.9 Å². The smallest absolute Gasteiger partial charge is 0.333 e. The predicted molar refractivity (Wildman–Crippen MR) is 64.9 cm³/mol. The molecule has 0 saturated carbocycles. The van der Waals surface area contributed by atoms with Crippen LogP contribution >= 0.6 is 0 Å². The summed E-state index contributed by atoms with van der Waals surface area (Å²) in [6.45, 7) is 4.27. The lowest BCUT2D eigenvalue weighted by Crippen LogP contribution is -2.07. The van der Waals surface area contributed by atoms with Crippen LogP contribution in [-0.4, -0.2) is 5.97 Å². The molecule has 0 spiro atoms. The molecule has 1 aromatic carbocycles. The van der Waals surface area contributed by atoms with Gasteiger partial charge in [0.1, 0.15) is 6.61 Å². The lowest BCUT2D eigenvalue weighted by Gasteiger charge is -2.07. The lowest BCUT2D eigenvalue weighted by atomic mass is 10.1. The highest BCUT2D eigenvalue weighted by atomic mass is 16.5. The van der Waals surface area contributed by atoms with E-state index in [1.54, 1.807) is 0 Å². The number of esters is 1. The Morgan fingerprint density at radius 1 is 1.31 bits per heavy atom. The molecule has 0 fully saturated rings. The molecule has 0 unspecified atom stereocenters. The number of hydrogen-bond acceptors (Lipinski definition) is 2. The van der Waals surface area contributed by atoms with Gasteiger partial charge in [-0.15, -0.1) is 0 Å². The average molecular weight is 218 g/mol. The number of ether oxygens (including phenoxy) is 1. The van der Waals surface area contributed by atoms with Crippen LogP contribution in [-0.2, 0) is 16.1 Å². The molecule has 0 aliphatic carbocycles. The van der Waals surface area contributed by atoms with Crippen molar-refractivity contribution in [3.8, 4) is 0 Å². The Morgan fingerprint density at radius 3 is 2.56 bits per heavy atom. The van der Waals surface area contributed by atoms with Crippen molar-refractivity contribution in [2.24, 2.45) is 0 Å². The van der Waals surface area contributed by atoms with Crippen LogP contribution in [0.1, 0.15) is 32.3 Å². The van der Waals surface area contributed by atoms with E-state index in [0.29, 0.717) is 6.61 Å². The Hall–Kier alpha value is -1.57. The van der Waals surface area contributed by atoms with Crippen LogP contribution in [0.4, 0.5) is 0 Å². The number of benzene rings is 1. The van der Waals surface area contributed by atoms with Crippen molar-refractivity contribution in [1.82, 2.24) is 0 Å². The van der Waals surface area contributed by atoms with E-state index in [1.807, 2.05) is 50.3 Å². The first-order valence-electron chi connectivity index (χ1n) is 5.64. The fourth-order valence-electron chi connectivity index (χ4n) is 1.45. The van der Waals surface area contributed by atoms with Gasteiger partial charge in [0.2, 0.25) is 0 Å². The minimum absolute atomic E-state index is 0.201. The van der Waals surface area contributed by atoms with E-state index in [4.69, 9.17) is 4.74 Å².